The van der Waals surface area contributed by atoms with Crippen LogP contribution in [0.1, 0.15) is 22.7 Å². The SMILES string of the molecule is C1=C(c2nc(-c3ccccc3-c3cccc4oc5c(-c6cc7ccccc7c7ccccc67)cccc5c34)nc(-c3cccc4ccccc34)n2)c2sc3ccccc3c2CC1. The second-order valence-corrected chi connectivity index (χ2v) is 17.1. The summed E-state index contributed by atoms with van der Waals surface area (Å²) >= 11 is 1.83. The van der Waals surface area contributed by atoms with Gasteiger partial charge in [0.1, 0.15) is 11.2 Å². The predicted molar refractivity (Wildman–Crippen MR) is 259 cm³/mol. The first-order valence-corrected chi connectivity index (χ1v) is 22.0. The molecule has 5 heteroatoms. The topological polar surface area (TPSA) is 51.8 Å². The summed E-state index contributed by atoms with van der Waals surface area (Å²) < 4.78 is 8.22. The Morgan fingerprint density at radius 1 is 0.419 bits per heavy atom. The van der Waals surface area contributed by atoms with Crippen LogP contribution in [-0.2, 0) is 6.42 Å². The van der Waals surface area contributed by atoms with E-state index in [1.807, 2.05) is 11.3 Å². The maximum atomic E-state index is 6.93. The molecule has 3 aromatic heterocycles. The lowest BCUT2D eigenvalue weighted by molar-refractivity contribution is 0.670. The van der Waals surface area contributed by atoms with E-state index in [4.69, 9.17) is 19.4 Å². The number of thiophene rings is 1. The summed E-state index contributed by atoms with van der Waals surface area (Å²) in [6, 6.07) is 64.7. The van der Waals surface area contributed by atoms with Crippen molar-refractivity contribution in [1.29, 1.82) is 0 Å². The van der Waals surface area contributed by atoms with Crippen LogP contribution in [0.4, 0.5) is 0 Å². The standard InChI is InChI=1S/C57H35N3OS/c1-3-18-36-34(15-1)17-11-28-45(36)55-58-56(60-57(59-55)48-30-13-27-44-41-23-9-10-32-51(41)62-54(44)48)46-24-8-7-22-40(46)42-25-14-31-50-52(42)47-29-12-26-43(53(47)61-50)49-33-35-16-2-4-19-37(35)38-20-5-6-21-39(38)49/h1-12,14-26,28-33H,13,27H2. The maximum absolute atomic E-state index is 6.93. The normalized spacial score (nSPS) is 12.8. The number of hydrogen-bond donors (Lipinski definition) is 0. The number of allylic oxidation sites excluding steroid dienone is 1. The fraction of sp³-hybridized carbons (Fsp3) is 0.0351. The Hall–Kier alpha value is -7.73. The van der Waals surface area contributed by atoms with E-state index in [1.54, 1.807) is 0 Å². The molecule has 9 aromatic carbocycles. The van der Waals surface area contributed by atoms with Crippen LogP contribution in [0.3, 0.4) is 0 Å². The van der Waals surface area contributed by atoms with Gasteiger partial charge in [-0.2, -0.15) is 0 Å². The highest BCUT2D eigenvalue weighted by Gasteiger charge is 2.25. The summed E-state index contributed by atoms with van der Waals surface area (Å²) in [5, 5.41) is 10.6. The molecule has 0 fully saturated rings. The molecule has 0 amide bonds. The molecule has 0 aliphatic heterocycles. The Labute approximate surface area is 361 Å². The van der Waals surface area contributed by atoms with E-state index in [-0.39, 0.29) is 0 Å². The Morgan fingerprint density at radius 2 is 1.02 bits per heavy atom. The van der Waals surface area contributed by atoms with Gasteiger partial charge in [-0.25, -0.2) is 15.0 Å². The number of fused-ring (bicyclic) bond motifs is 10. The number of benzene rings is 9. The molecule has 0 atom stereocenters. The first-order valence-electron chi connectivity index (χ1n) is 21.2. The van der Waals surface area contributed by atoms with Gasteiger partial charge in [-0.05, 0) is 91.0 Å². The second kappa shape index (κ2) is 13.9. The number of para-hydroxylation sites is 1. The minimum atomic E-state index is 0.635. The van der Waals surface area contributed by atoms with Crippen molar-refractivity contribution in [3.63, 3.8) is 0 Å². The lowest BCUT2D eigenvalue weighted by Crippen LogP contribution is -2.06. The molecular formula is C57H35N3OS. The third-order valence-electron chi connectivity index (χ3n) is 12.6. The van der Waals surface area contributed by atoms with Gasteiger partial charge in [0.25, 0.3) is 0 Å². The minimum absolute atomic E-state index is 0.635. The van der Waals surface area contributed by atoms with E-state index in [0.29, 0.717) is 17.5 Å². The van der Waals surface area contributed by atoms with Gasteiger partial charge >= 0.3 is 0 Å². The Kier molecular flexibility index (Phi) is 7.87. The molecule has 290 valence electrons. The van der Waals surface area contributed by atoms with Crippen LogP contribution in [0.2, 0.25) is 0 Å². The zero-order chi connectivity index (χ0) is 40.7. The van der Waals surface area contributed by atoms with Crippen LogP contribution in [0, 0.1) is 0 Å². The van der Waals surface area contributed by atoms with Crippen LogP contribution < -0.4 is 0 Å². The predicted octanol–water partition coefficient (Wildman–Crippen LogP) is 15.5. The van der Waals surface area contributed by atoms with Crippen LogP contribution in [0.5, 0.6) is 0 Å². The summed E-state index contributed by atoms with van der Waals surface area (Å²) in [7, 11) is 0. The molecule has 0 unspecified atom stereocenters. The van der Waals surface area contributed by atoms with E-state index in [9.17, 15) is 0 Å². The van der Waals surface area contributed by atoms with Crippen LogP contribution in [-0.4, -0.2) is 15.0 Å². The molecule has 0 spiro atoms. The molecular weight excluding hydrogens is 775 g/mol. The lowest BCUT2D eigenvalue weighted by atomic mass is 9.91. The molecule has 0 bridgehead atoms. The fourth-order valence-corrected chi connectivity index (χ4v) is 11.1. The van der Waals surface area contributed by atoms with Gasteiger partial charge in [0.15, 0.2) is 17.5 Å². The highest BCUT2D eigenvalue weighted by Crippen LogP contribution is 2.46. The molecule has 1 aliphatic rings. The summed E-state index contributed by atoms with van der Waals surface area (Å²) in [6.07, 6.45) is 4.25. The highest BCUT2D eigenvalue weighted by molar-refractivity contribution is 7.20. The molecule has 13 rings (SSSR count). The van der Waals surface area contributed by atoms with Gasteiger partial charge < -0.3 is 4.42 Å². The van der Waals surface area contributed by atoms with Gasteiger partial charge in [-0.3, -0.25) is 0 Å². The summed E-state index contributed by atoms with van der Waals surface area (Å²) in [6.45, 7) is 0. The number of nitrogens with zero attached hydrogens (tertiary/aromatic N) is 3. The Morgan fingerprint density at radius 3 is 1.90 bits per heavy atom. The molecule has 0 saturated carbocycles. The number of rotatable bonds is 5. The summed E-state index contributed by atoms with van der Waals surface area (Å²) in [5.74, 6) is 1.99. The quantitative estimate of drug-likeness (QED) is 0.163. The van der Waals surface area contributed by atoms with Gasteiger partial charge in [-0.15, -0.1) is 11.3 Å². The van der Waals surface area contributed by atoms with E-state index in [2.05, 4.69) is 188 Å². The number of furan rings is 1. The van der Waals surface area contributed by atoms with Crippen molar-refractivity contribution in [2.24, 2.45) is 0 Å². The third kappa shape index (κ3) is 5.42. The number of aryl methyl sites for hydroxylation is 1. The van der Waals surface area contributed by atoms with Gasteiger partial charge in [0, 0.05) is 42.6 Å². The molecule has 3 heterocycles. The van der Waals surface area contributed by atoms with E-state index in [1.165, 1.54) is 42.1 Å². The number of aromatic nitrogens is 3. The second-order valence-electron chi connectivity index (χ2n) is 16.1. The van der Waals surface area contributed by atoms with Gasteiger partial charge in [0.2, 0.25) is 0 Å². The van der Waals surface area contributed by atoms with Crippen molar-refractivity contribution in [2.45, 2.75) is 12.8 Å². The minimum Gasteiger partial charge on any atom is -0.455 e. The first kappa shape index (κ1) is 35.1. The maximum Gasteiger partial charge on any atom is 0.165 e. The highest BCUT2D eigenvalue weighted by atomic mass is 32.1. The van der Waals surface area contributed by atoms with Crippen LogP contribution in [0.25, 0.3) is 115 Å². The zero-order valence-electron chi connectivity index (χ0n) is 33.5. The fourth-order valence-electron chi connectivity index (χ4n) is 9.84. The monoisotopic (exact) mass is 809 g/mol. The van der Waals surface area contributed by atoms with Crippen LogP contribution >= 0.6 is 11.3 Å². The molecule has 0 saturated heterocycles. The summed E-state index contributed by atoms with van der Waals surface area (Å²) in [5.41, 5.74) is 10.4. The van der Waals surface area contributed by atoms with E-state index in [0.717, 1.165) is 84.5 Å². The zero-order valence-corrected chi connectivity index (χ0v) is 34.3. The smallest absolute Gasteiger partial charge is 0.165 e. The van der Waals surface area contributed by atoms with Crippen molar-refractivity contribution in [1.82, 2.24) is 15.0 Å². The van der Waals surface area contributed by atoms with Crippen molar-refractivity contribution in [2.75, 3.05) is 0 Å². The lowest BCUT2D eigenvalue weighted by Gasteiger charge is -2.16. The van der Waals surface area contributed by atoms with Crippen molar-refractivity contribution in [3.8, 4) is 45.0 Å². The van der Waals surface area contributed by atoms with Gasteiger partial charge in [0.05, 0.1) is 0 Å². The van der Waals surface area contributed by atoms with E-state index < -0.39 is 0 Å². The largest absolute Gasteiger partial charge is 0.455 e. The van der Waals surface area contributed by atoms with E-state index >= 15 is 0 Å². The molecule has 1 aliphatic carbocycles. The molecule has 0 radical (unpaired) electrons. The third-order valence-corrected chi connectivity index (χ3v) is 13.9. The average Bonchev–Trinajstić information content (AvgIpc) is 3.92. The molecule has 62 heavy (non-hydrogen) atoms. The first-order chi connectivity index (χ1) is 30.7. The van der Waals surface area contributed by atoms with Crippen molar-refractivity contribution >= 4 is 81.3 Å². The van der Waals surface area contributed by atoms with Gasteiger partial charge in [-0.1, -0.05) is 170 Å². The molecule has 4 nitrogen and oxygen atoms in total. The molecule has 12 aromatic rings. The molecule has 0 N–H and O–H groups in total. The average molecular weight is 810 g/mol. The van der Waals surface area contributed by atoms with Crippen molar-refractivity contribution in [3.05, 3.63) is 204 Å². The summed E-state index contributed by atoms with van der Waals surface area (Å²) in [4.78, 5) is 17.4. The Balaban J connectivity index is 1.03. The number of hydrogen-bond acceptors (Lipinski definition) is 5. The Bertz CT molecular complexity index is 3830. The van der Waals surface area contributed by atoms with Crippen LogP contribution in [0.15, 0.2) is 192 Å². The van der Waals surface area contributed by atoms with Crippen molar-refractivity contribution < 1.29 is 4.42 Å².